The molecule has 1 aromatic rings. The average molecular weight is 254 g/mol. The number of halogens is 2. The van der Waals surface area contributed by atoms with Crippen molar-refractivity contribution in [1.82, 2.24) is 0 Å². The zero-order valence-electron chi connectivity index (χ0n) is 10.1. The van der Waals surface area contributed by atoms with E-state index in [1.54, 1.807) is 0 Å². The van der Waals surface area contributed by atoms with Crippen LogP contribution in [0.3, 0.4) is 0 Å². The third kappa shape index (κ3) is 3.13. The Kier molecular flexibility index (Phi) is 4.42. The SMILES string of the molecule is O=C(COC1CCCCC1)c1c(F)cccc1F. The van der Waals surface area contributed by atoms with Gasteiger partial charge in [0.15, 0.2) is 5.78 Å². The van der Waals surface area contributed by atoms with E-state index in [0.717, 1.165) is 37.8 Å². The molecule has 0 amide bonds. The molecule has 0 atom stereocenters. The van der Waals surface area contributed by atoms with Gasteiger partial charge in [0.05, 0.1) is 11.7 Å². The summed E-state index contributed by atoms with van der Waals surface area (Å²) < 4.78 is 32.1. The van der Waals surface area contributed by atoms with Crippen LogP contribution in [-0.2, 0) is 4.74 Å². The van der Waals surface area contributed by atoms with E-state index in [1.807, 2.05) is 0 Å². The highest BCUT2D eigenvalue weighted by atomic mass is 19.1. The van der Waals surface area contributed by atoms with Crippen molar-refractivity contribution in [3.63, 3.8) is 0 Å². The highest BCUT2D eigenvalue weighted by Crippen LogP contribution is 2.21. The number of hydrogen-bond acceptors (Lipinski definition) is 2. The lowest BCUT2D eigenvalue weighted by Crippen LogP contribution is -2.22. The minimum absolute atomic E-state index is 0.0533. The fourth-order valence-electron chi connectivity index (χ4n) is 2.26. The number of hydrogen-bond donors (Lipinski definition) is 0. The molecule has 0 heterocycles. The molecule has 4 heteroatoms. The molecule has 1 aliphatic carbocycles. The van der Waals surface area contributed by atoms with Gasteiger partial charge in [-0.2, -0.15) is 0 Å². The summed E-state index contributed by atoms with van der Waals surface area (Å²) in [5.74, 6) is -2.28. The molecule has 1 aliphatic rings. The molecule has 18 heavy (non-hydrogen) atoms. The first kappa shape index (κ1) is 13.1. The third-order valence-electron chi connectivity index (χ3n) is 3.24. The number of Topliss-reactive ketones (excluding diaryl/α,β-unsaturated/α-hetero) is 1. The second-order valence-corrected chi connectivity index (χ2v) is 4.59. The standard InChI is InChI=1S/C14H16F2O2/c15-11-7-4-8-12(16)14(11)13(17)9-18-10-5-2-1-3-6-10/h4,7-8,10H,1-3,5-6,9H2. The lowest BCUT2D eigenvalue weighted by molar-refractivity contribution is 0.0280. The van der Waals surface area contributed by atoms with Crippen molar-refractivity contribution in [3.8, 4) is 0 Å². The molecule has 98 valence electrons. The van der Waals surface area contributed by atoms with Gasteiger partial charge in [-0.25, -0.2) is 8.78 Å². The first-order chi connectivity index (χ1) is 8.68. The maximum atomic E-state index is 13.4. The van der Waals surface area contributed by atoms with Gasteiger partial charge >= 0.3 is 0 Å². The van der Waals surface area contributed by atoms with Gasteiger partial charge < -0.3 is 4.74 Å². The molecule has 0 saturated heterocycles. The zero-order chi connectivity index (χ0) is 13.0. The molecule has 0 unspecified atom stereocenters. The Hall–Kier alpha value is -1.29. The van der Waals surface area contributed by atoms with Crippen molar-refractivity contribution in [1.29, 1.82) is 0 Å². The summed E-state index contributed by atoms with van der Waals surface area (Å²) in [5.41, 5.74) is -0.492. The van der Waals surface area contributed by atoms with Crippen LogP contribution < -0.4 is 0 Å². The van der Waals surface area contributed by atoms with Gasteiger partial charge in [0.25, 0.3) is 0 Å². The maximum absolute atomic E-state index is 13.4. The van der Waals surface area contributed by atoms with E-state index in [-0.39, 0.29) is 12.7 Å². The van der Waals surface area contributed by atoms with E-state index in [2.05, 4.69) is 0 Å². The van der Waals surface area contributed by atoms with Crippen molar-refractivity contribution in [2.45, 2.75) is 38.2 Å². The molecule has 0 aliphatic heterocycles. The maximum Gasteiger partial charge on any atom is 0.194 e. The molecule has 2 rings (SSSR count). The molecule has 0 bridgehead atoms. The molecule has 2 nitrogen and oxygen atoms in total. The molecule has 1 fully saturated rings. The lowest BCUT2D eigenvalue weighted by Gasteiger charge is -2.21. The Morgan fingerprint density at radius 3 is 2.39 bits per heavy atom. The van der Waals surface area contributed by atoms with Crippen molar-refractivity contribution < 1.29 is 18.3 Å². The van der Waals surface area contributed by atoms with Crippen LogP contribution in [0.25, 0.3) is 0 Å². The number of carbonyl (C=O) groups excluding carboxylic acids is 1. The summed E-state index contributed by atoms with van der Waals surface area (Å²) in [7, 11) is 0. The van der Waals surface area contributed by atoms with Crippen LogP contribution in [-0.4, -0.2) is 18.5 Å². The first-order valence-corrected chi connectivity index (χ1v) is 6.27. The second kappa shape index (κ2) is 6.05. The van der Waals surface area contributed by atoms with Crippen molar-refractivity contribution in [2.75, 3.05) is 6.61 Å². The number of rotatable bonds is 4. The molecule has 0 radical (unpaired) electrons. The number of benzene rings is 1. The van der Waals surface area contributed by atoms with Crippen LogP contribution in [0.1, 0.15) is 42.5 Å². The molecule has 0 aromatic heterocycles. The van der Waals surface area contributed by atoms with Gasteiger partial charge in [-0.1, -0.05) is 25.3 Å². The second-order valence-electron chi connectivity index (χ2n) is 4.59. The summed E-state index contributed by atoms with van der Waals surface area (Å²) in [6, 6.07) is 3.40. The van der Waals surface area contributed by atoms with Crippen molar-refractivity contribution in [2.24, 2.45) is 0 Å². The van der Waals surface area contributed by atoms with Crippen LogP contribution in [0.5, 0.6) is 0 Å². The van der Waals surface area contributed by atoms with Crippen LogP contribution in [0, 0.1) is 11.6 Å². The zero-order valence-corrected chi connectivity index (χ0v) is 10.1. The van der Waals surface area contributed by atoms with E-state index >= 15 is 0 Å². The number of carbonyl (C=O) groups is 1. The summed E-state index contributed by atoms with van der Waals surface area (Å²) >= 11 is 0. The smallest absolute Gasteiger partial charge is 0.194 e. The Labute approximate surface area is 105 Å². The van der Waals surface area contributed by atoms with E-state index in [0.29, 0.717) is 0 Å². The van der Waals surface area contributed by atoms with Crippen LogP contribution in [0.15, 0.2) is 18.2 Å². The molecule has 1 saturated carbocycles. The molecular formula is C14H16F2O2. The molecular weight excluding hydrogens is 238 g/mol. The van der Waals surface area contributed by atoms with E-state index in [1.165, 1.54) is 12.5 Å². The predicted octanol–water partition coefficient (Wildman–Crippen LogP) is 3.50. The summed E-state index contributed by atoms with van der Waals surface area (Å²) in [5, 5.41) is 0. The van der Waals surface area contributed by atoms with Gasteiger partial charge in [-0.3, -0.25) is 4.79 Å². The fraction of sp³-hybridized carbons (Fsp3) is 0.500. The van der Waals surface area contributed by atoms with E-state index < -0.39 is 23.0 Å². The largest absolute Gasteiger partial charge is 0.370 e. The highest BCUT2D eigenvalue weighted by molar-refractivity contribution is 5.97. The van der Waals surface area contributed by atoms with Crippen LogP contribution in [0.4, 0.5) is 8.78 Å². The topological polar surface area (TPSA) is 26.3 Å². The monoisotopic (exact) mass is 254 g/mol. The molecule has 0 N–H and O–H groups in total. The Morgan fingerprint density at radius 2 is 1.78 bits per heavy atom. The minimum atomic E-state index is -0.827. The Bertz CT molecular complexity index is 406. The summed E-state index contributed by atoms with van der Waals surface area (Å²) in [4.78, 5) is 11.7. The van der Waals surface area contributed by atoms with E-state index in [4.69, 9.17) is 4.74 Å². The molecule has 0 spiro atoms. The summed E-state index contributed by atoms with van der Waals surface area (Å²) in [6.07, 6.45) is 5.27. The quantitative estimate of drug-likeness (QED) is 0.769. The summed E-state index contributed by atoms with van der Waals surface area (Å²) in [6.45, 7) is -0.248. The average Bonchev–Trinajstić information content (AvgIpc) is 2.37. The number of ketones is 1. The van der Waals surface area contributed by atoms with Crippen molar-refractivity contribution in [3.05, 3.63) is 35.4 Å². The Morgan fingerprint density at radius 1 is 1.17 bits per heavy atom. The number of ether oxygens (including phenoxy) is 1. The van der Waals surface area contributed by atoms with E-state index in [9.17, 15) is 13.6 Å². The predicted molar refractivity (Wildman–Crippen MR) is 63.5 cm³/mol. The third-order valence-corrected chi connectivity index (χ3v) is 3.24. The highest BCUT2D eigenvalue weighted by Gasteiger charge is 2.20. The molecule has 1 aromatic carbocycles. The van der Waals surface area contributed by atoms with Crippen molar-refractivity contribution >= 4 is 5.78 Å². The lowest BCUT2D eigenvalue weighted by atomic mass is 9.98. The first-order valence-electron chi connectivity index (χ1n) is 6.27. The minimum Gasteiger partial charge on any atom is -0.370 e. The van der Waals surface area contributed by atoms with Gasteiger partial charge in [0, 0.05) is 0 Å². The van der Waals surface area contributed by atoms with Gasteiger partial charge in [0.1, 0.15) is 18.2 Å². The Balaban J connectivity index is 1.95. The van der Waals surface area contributed by atoms with Gasteiger partial charge in [-0.05, 0) is 25.0 Å². The van der Waals surface area contributed by atoms with Crippen LogP contribution in [0.2, 0.25) is 0 Å². The fourth-order valence-corrected chi connectivity index (χ4v) is 2.26. The van der Waals surface area contributed by atoms with Gasteiger partial charge in [-0.15, -0.1) is 0 Å². The van der Waals surface area contributed by atoms with Crippen LogP contribution >= 0.6 is 0 Å². The van der Waals surface area contributed by atoms with Gasteiger partial charge in [0.2, 0.25) is 0 Å². The normalized spacial score (nSPS) is 16.8.